The van der Waals surface area contributed by atoms with E-state index in [1.807, 2.05) is 4.68 Å². The van der Waals surface area contributed by atoms with E-state index < -0.39 is 0 Å². The predicted octanol–water partition coefficient (Wildman–Crippen LogP) is 2.46. The minimum Gasteiger partial charge on any atom is -0.357 e. The van der Waals surface area contributed by atoms with Gasteiger partial charge in [0.05, 0.1) is 5.69 Å². The van der Waals surface area contributed by atoms with Crippen LogP contribution in [-0.4, -0.2) is 16.4 Å². The maximum absolute atomic E-state index is 5.68. The molecule has 0 aromatic carbocycles. The van der Waals surface area contributed by atoms with Crippen LogP contribution in [0.4, 0.5) is 0 Å². The van der Waals surface area contributed by atoms with Crippen molar-refractivity contribution in [1.29, 1.82) is 0 Å². The molecule has 3 rings (SSSR count). The molecule has 0 amide bonds. The van der Waals surface area contributed by atoms with Gasteiger partial charge in [-0.25, -0.2) is 4.68 Å². The van der Waals surface area contributed by atoms with Crippen molar-refractivity contribution in [3.8, 4) is 0 Å². The summed E-state index contributed by atoms with van der Waals surface area (Å²) in [6.07, 6.45) is 8.51. The summed E-state index contributed by atoms with van der Waals surface area (Å²) in [6, 6.07) is 2.15. The zero-order valence-electron chi connectivity index (χ0n) is 8.35. The minimum atomic E-state index is 0.205. The second-order valence-corrected chi connectivity index (χ2v) is 4.32. The van der Waals surface area contributed by atoms with E-state index >= 15 is 0 Å². The highest BCUT2D eigenvalue weighted by molar-refractivity contribution is 5.12. The molecule has 2 aliphatic rings. The first kappa shape index (κ1) is 8.48. The SMILES string of the molecule is c1cn([C@@H]2CCCCO2)nc1C1CC1. The molecule has 1 aromatic rings. The first-order valence-electron chi connectivity index (χ1n) is 5.60. The fraction of sp³-hybridized carbons (Fsp3) is 0.727. The van der Waals surface area contributed by atoms with Crippen LogP contribution in [0.5, 0.6) is 0 Å². The van der Waals surface area contributed by atoms with Gasteiger partial charge in [0.25, 0.3) is 0 Å². The zero-order valence-corrected chi connectivity index (χ0v) is 8.35. The Labute approximate surface area is 84.1 Å². The van der Waals surface area contributed by atoms with Crippen LogP contribution < -0.4 is 0 Å². The first-order valence-corrected chi connectivity index (χ1v) is 5.60. The number of aromatic nitrogens is 2. The summed E-state index contributed by atoms with van der Waals surface area (Å²) >= 11 is 0. The van der Waals surface area contributed by atoms with Gasteiger partial charge in [-0.05, 0) is 38.2 Å². The lowest BCUT2D eigenvalue weighted by molar-refractivity contribution is -0.0396. The van der Waals surface area contributed by atoms with Crippen LogP contribution in [0.1, 0.15) is 49.9 Å². The Morgan fingerprint density at radius 1 is 1.29 bits per heavy atom. The summed E-state index contributed by atoms with van der Waals surface area (Å²) in [5.41, 5.74) is 1.26. The van der Waals surface area contributed by atoms with E-state index in [0.29, 0.717) is 0 Å². The fourth-order valence-electron chi connectivity index (χ4n) is 2.04. The molecule has 0 spiro atoms. The van der Waals surface area contributed by atoms with Crippen molar-refractivity contribution in [2.24, 2.45) is 0 Å². The third-order valence-electron chi connectivity index (χ3n) is 3.08. The van der Waals surface area contributed by atoms with Gasteiger partial charge in [-0.3, -0.25) is 0 Å². The van der Waals surface area contributed by atoms with Gasteiger partial charge in [0.2, 0.25) is 0 Å². The van der Waals surface area contributed by atoms with Crippen LogP contribution in [0.3, 0.4) is 0 Å². The number of hydrogen-bond acceptors (Lipinski definition) is 2. The van der Waals surface area contributed by atoms with Gasteiger partial charge >= 0.3 is 0 Å². The van der Waals surface area contributed by atoms with Gasteiger partial charge < -0.3 is 4.74 Å². The van der Waals surface area contributed by atoms with Crippen molar-refractivity contribution in [3.63, 3.8) is 0 Å². The van der Waals surface area contributed by atoms with E-state index in [1.165, 1.54) is 31.4 Å². The van der Waals surface area contributed by atoms with E-state index in [2.05, 4.69) is 17.4 Å². The zero-order chi connectivity index (χ0) is 9.38. The number of hydrogen-bond donors (Lipinski definition) is 0. The molecule has 3 heteroatoms. The third kappa shape index (κ3) is 1.57. The fourth-order valence-corrected chi connectivity index (χ4v) is 2.04. The minimum absolute atomic E-state index is 0.205. The summed E-state index contributed by atoms with van der Waals surface area (Å²) < 4.78 is 7.68. The number of nitrogens with zero attached hydrogens (tertiary/aromatic N) is 2. The molecule has 1 aromatic heterocycles. The molecule has 1 saturated heterocycles. The van der Waals surface area contributed by atoms with Crippen LogP contribution in [0, 0.1) is 0 Å². The summed E-state index contributed by atoms with van der Waals surface area (Å²) in [6.45, 7) is 0.892. The lowest BCUT2D eigenvalue weighted by Crippen LogP contribution is -2.18. The van der Waals surface area contributed by atoms with Crippen LogP contribution >= 0.6 is 0 Å². The summed E-state index contributed by atoms with van der Waals surface area (Å²) in [7, 11) is 0. The standard InChI is InChI=1S/C11H16N2O/c1-2-8-14-11(3-1)13-7-6-10(12-13)9-4-5-9/h6-7,9,11H,1-5,8H2/t11-/m0/s1. The maximum atomic E-state index is 5.68. The van der Waals surface area contributed by atoms with Gasteiger partial charge in [-0.1, -0.05) is 0 Å². The average molecular weight is 192 g/mol. The molecule has 0 N–H and O–H groups in total. The van der Waals surface area contributed by atoms with Crippen LogP contribution in [-0.2, 0) is 4.74 Å². The molecule has 2 heterocycles. The van der Waals surface area contributed by atoms with Crippen LogP contribution in [0.15, 0.2) is 12.3 Å². The largest absolute Gasteiger partial charge is 0.357 e. The van der Waals surface area contributed by atoms with Gasteiger partial charge in [-0.15, -0.1) is 0 Å². The van der Waals surface area contributed by atoms with Gasteiger partial charge in [-0.2, -0.15) is 5.10 Å². The Bertz CT molecular complexity index is 311. The lowest BCUT2D eigenvalue weighted by atomic mass is 10.2. The quantitative estimate of drug-likeness (QED) is 0.719. The highest BCUT2D eigenvalue weighted by Crippen LogP contribution is 2.39. The molecule has 0 unspecified atom stereocenters. The van der Waals surface area contributed by atoms with Crippen molar-refractivity contribution < 1.29 is 4.74 Å². The Hall–Kier alpha value is -0.830. The molecule has 76 valence electrons. The molecular formula is C11H16N2O. The van der Waals surface area contributed by atoms with Crippen LogP contribution in [0.25, 0.3) is 0 Å². The highest BCUT2D eigenvalue weighted by atomic mass is 16.5. The van der Waals surface area contributed by atoms with Gasteiger partial charge in [0.15, 0.2) is 0 Å². The molecule has 1 aliphatic heterocycles. The second kappa shape index (κ2) is 3.39. The Morgan fingerprint density at radius 2 is 2.21 bits per heavy atom. The molecular weight excluding hydrogens is 176 g/mol. The van der Waals surface area contributed by atoms with E-state index in [9.17, 15) is 0 Å². The van der Waals surface area contributed by atoms with Gasteiger partial charge in [0.1, 0.15) is 6.23 Å². The first-order chi connectivity index (χ1) is 6.93. The Kier molecular flexibility index (Phi) is 2.05. The van der Waals surface area contributed by atoms with Crippen molar-refractivity contribution in [2.45, 2.75) is 44.2 Å². The number of rotatable bonds is 2. The van der Waals surface area contributed by atoms with E-state index in [4.69, 9.17) is 4.74 Å². The van der Waals surface area contributed by atoms with E-state index in [1.54, 1.807) is 0 Å². The van der Waals surface area contributed by atoms with Crippen LogP contribution in [0.2, 0.25) is 0 Å². The van der Waals surface area contributed by atoms with Crippen molar-refractivity contribution in [2.75, 3.05) is 6.61 Å². The topological polar surface area (TPSA) is 27.1 Å². The summed E-state index contributed by atoms with van der Waals surface area (Å²) in [4.78, 5) is 0. The van der Waals surface area contributed by atoms with E-state index in [0.717, 1.165) is 18.9 Å². The molecule has 14 heavy (non-hydrogen) atoms. The van der Waals surface area contributed by atoms with Crippen molar-refractivity contribution in [1.82, 2.24) is 9.78 Å². The Balaban J connectivity index is 1.74. The molecule has 0 bridgehead atoms. The normalized spacial score (nSPS) is 27.9. The smallest absolute Gasteiger partial charge is 0.150 e. The molecule has 1 saturated carbocycles. The Morgan fingerprint density at radius 3 is 2.93 bits per heavy atom. The predicted molar refractivity (Wildman–Crippen MR) is 53.0 cm³/mol. The lowest BCUT2D eigenvalue weighted by Gasteiger charge is -2.22. The van der Waals surface area contributed by atoms with E-state index in [-0.39, 0.29) is 6.23 Å². The van der Waals surface area contributed by atoms with Crippen molar-refractivity contribution in [3.05, 3.63) is 18.0 Å². The molecule has 0 radical (unpaired) electrons. The summed E-state index contributed by atoms with van der Waals surface area (Å²) in [5.74, 6) is 0.750. The molecule has 1 aliphatic carbocycles. The summed E-state index contributed by atoms with van der Waals surface area (Å²) in [5, 5.41) is 4.59. The second-order valence-electron chi connectivity index (χ2n) is 4.32. The molecule has 1 atom stereocenters. The number of ether oxygens (including phenoxy) is 1. The maximum Gasteiger partial charge on any atom is 0.150 e. The van der Waals surface area contributed by atoms with Crippen molar-refractivity contribution >= 4 is 0 Å². The molecule has 2 fully saturated rings. The average Bonchev–Trinajstić information content (AvgIpc) is 2.98. The monoisotopic (exact) mass is 192 g/mol. The molecule has 3 nitrogen and oxygen atoms in total. The third-order valence-corrected chi connectivity index (χ3v) is 3.08. The van der Waals surface area contributed by atoms with Gasteiger partial charge in [0, 0.05) is 18.7 Å². The highest BCUT2D eigenvalue weighted by Gasteiger charge is 2.27.